The number of hydrogen-bond donors (Lipinski definition) is 3. The number of benzene rings is 1. The molecule has 3 nitrogen and oxygen atoms in total. The highest BCUT2D eigenvalue weighted by Crippen LogP contribution is 2.38. The lowest BCUT2D eigenvalue weighted by Gasteiger charge is -2.36. The van der Waals surface area contributed by atoms with Crippen LogP contribution in [0, 0.1) is 0 Å². The minimum absolute atomic E-state index is 0.397. The van der Waals surface area contributed by atoms with Crippen LogP contribution in [0.2, 0.25) is 0 Å². The molecule has 0 aliphatic heterocycles. The Hall–Kier alpha value is -1.03. The second-order valence-electron chi connectivity index (χ2n) is 5.15. The van der Waals surface area contributed by atoms with Crippen molar-refractivity contribution in [1.29, 1.82) is 0 Å². The zero-order chi connectivity index (χ0) is 13.0. The molecule has 1 aromatic rings. The number of nitrogens with one attached hydrogen (secondary N) is 1. The molecule has 1 fully saturated rings. The second kappa shape index (κ2) is 5.74. The maximum Gasteiger partial charge on any atom is 0.0568 e. The lowest BCUT2D eigenvalue weighted by molar-refractivity contribution is 0.411. The molecule has 0 bridgehead atoms. The molecule has 1 aliphatic carbocycles. The first-order valence-electron chi connectivity index (χ1n) is 6.59. The van der Waals surface area contributed by atoms with E-state index in [0.717, 1.165) is 12.2 Å². The highest BCUT2D eigenvalue weighted by atomic mass is 32.2. The van der Waals surface area contributed by atoms with Gasteiger partial charge in [0.2, 0.25) is 0 Å². The largest absolute Gasteiger partial charge is 0.397 e. The summed E-state index contributed by atoms with van der Waals surface area (Å²) >= 11 is 2.00. The van der Waals surface area contributed by atoms with Crippen LogP contribution in [0.1, 0.15) is 32.1 Å². The molecule has 4 heteroatoms. The standard InChI is InChI=1S/C14H23N3S/c1-18-14(7-3-2-4-8-14)10-17-11-5-6-12(15)13(16)9-11/h5-6,9,17H,2-4,7-8,10,15-16H2,1H3. The smallest absolute Gasteiger partial charge is 0.0568 e. The molecule has 1 saturated carbocycles. The number of nitrogens with two attached hydrogens (primary N) is 2. The average molecular weight is 265 g/mol. The van der Waals surface area contributed by atoms with E-state index in [4.69, 9.17) is 11.5 Å². The number of nitrogen functional groups attached to an aromatic ring is 2. The van der Waals surface area contributed by atoms with Crippen LogP contribution in [0.25, 0.3) is 0 Å². The van der Waals surface area contributed by atoms with Gasteiger partial charge in [0.1, 0.15) is 0 Å². The minimum atomic E-state index is 0.397. The van der Waals surface area contributed by atoms with Crippen molar-refractivity contribution in [2.45, 2.75) is 36.9 Å². The number of anilines is 3. The highest BCUT2D eigenvalue weighted by Gasteiger charge is 2.30. The Kier molecular flexibility index (Phi) is 4.27. The lowest BCUT2D eigenvalue weighted by atomic mass is 9.88. The third-order valence-electron chi connectivity index (χ3n) is 3.90. The molecule has 100 valence electrons. The van der Waals surface area contributed by atoms with E-state index >= 15 is 0 Å². The zero-order valence-electron chi connectivity index (χ0n) is 11.0. The van der Waals surface area contributed by atoms with E-state index in [1.807, 2.05) is 30.0 Å². The van der Waals surface area contributed by atoms with E-state index in [0.29, 0.717) is 16.1 Å². The number of hydrogen-bond acceptors (Lipinski definition) is 4. The molecule has 0 amide bonds. The van der Waals surface area contributed by atoms with Gasteiger partial charge in [-0.05, 0) is 37.3 Å². The predicted molar refractivity (Wildman–Crippen MR) is 83.1 cm³/mol. The molecule has 18 heavy (non-hydrogen) atoms. The van der Waals surface area contributed by atoms with Gasteiger partial charge in [0.15, 0.2) is 0 Å². The molecule has 0 heterocycles. The molecule has 1 aliphatic rings. The van der Waals surface area contributed by atoms with Gasteiger partial charge in [-0.2, -0.15) is 11.8 Å². The van der Waals surface area contributed by atoms with Crippen molar-refractivity contribution < 1.29 is 0 Å². The number of thioether (sulfide) groups is 1. The van der Waals surface area contributed by atoms with E-state index < -0.39 is 0 Å². The SMILES string of the molecule is CSC1(CNc2ccc(N)c(N)c2)CCCCC1. The zero-order valence-corrected chi connectivity index (χ0v) is 11.9. The van der Waals surface area contributed by atoms with Gasteiger partial charge in [0.05, 0.1) is 11.4 Å². The quantitative estimate of drug-likeness (QED) is 0.731. The Balaban J connectivity index is 1.98. The fourth-order valence-corrected chi connectivity index (χ4v) is 3.51. The predicted octanol–water partition coefficient (Wildman–Crippen LogP) is 3.33. The molecule has 0 aromatic heterocycles. The van der Waals surface area contributed by atoms with E-state index in [2.05, 4.69) is 11.6 Å². The molecular formula is C14H23N3S. The monoisotopic (exact) mass is 265 g/mol. The molecule has 0 spiro atoms. The summed E-state index contributed by atoms with van der Waals surface area (Å²) in [5.74, 6) is 0. The van der Waals surface area contributed by atoms with Gasteiger partial charge in [-0.3, -0.25) is 0 Å². The molecule has 0 saturated heterocycles. The Morgan fingerprint density at radius 2 is 1.89 bits per heavy atom. The van der Waals surface area contributed by atoms with Gasteiger partial charge in [-0.25, -0.2) is 0 Å². The average Bonchev–Trinajstić information content (AvgIpc) is 2.41. The van der Waals surface area contributed by atoms with E-state index in [-0.39, 0.29) is 0 Å². The second-order valence-corrected chi connectivity index (χ2v) is 6.42. The summed E-state index contributed by atoms with van der Waals surface area (Å²) in [5.41, 5.74) is 13.9. The Morgan fingerprint density at radius 1 is 1.17 bits per heavy atom. The molecule has 0 radical (unpaired) electrons. The minimum Gasteiger partial charge on any atom is -0.397 e. The van der Waals surface area contributed by atoms with Gasteiger partial charge in [0, 0.05) is 17.0 Å². The van der Waals surface area contributed by atoms with Gasteiger partial charge < -0.3 is 16.8 Å². The van der Waals surface area contributed by atoms with Crippen LogP contribution in [-0.2, 0) is 0 Å². The first-order valence-corrected chi connectivity index (χ1v) is 7.82. The summed E-state index contributed by atoms with van der Waals surface area (Å²) in [6.07, 6.45) is 8.94. The van der Waals surface area contributed by atoms with E-state index in [1.165, 1.54) is 32.1 Å². The molecule has 0 atom stereocenters. The van der Waals surface area contributed by atoms with Gasteiger partial charge in [0.25, 0.3) is 0 Å². The summed E-state index contributed by atoms with van der Waals surface area (Å²) in [6.45, 7) is 1.01. The summed E-state index contributed by atoms with van der Waals surface area (Å²) in [6, 6.07) is 5.79. The Morgan fingerprint density at radius 3 is 2.50 bits per heavy atom. The van der Waals surface area contributed by atoms with Gasteiger partial charge >= 0.3 is 0 Å². The highest BCUT2D eigenvalue weighted by molar-refractivity contribution is 8.00. The van der Waals surface area contributed by atoms with E-state index in [1.54, 1.807) is 0 Å². The van der Waals surface area contributed by atoms with Crippen LogP contribution in [0.5, 0.6) is 0 Å². The van der Waals surface area contributed by atoms with Crippen LogP contribution >= 0.6 is 11.8 Å². The summed E-state index contributed by atoms with van der Waals surface area (Å²) in [4.78, 5) is 0. The third-order valence-corrected chi connectivity index (χ3v) is 5.32. The molecule has 2 rings (SSSR count). The number of rotatable bonds is 4. The molecule has 1 aromatic carbocycles. The molecule has 0 unspecified atom stereocenters. The van der Waals surface area contributed by atoms with Crippen molar-refractivity contribution in [2.24, 2.45) is 0 Å². The molecular weight excluding hydrogens is 242 g/mol. The maximum absolute atomic E-state index is 5.82. The topological polar surface area (TPSA) is 64.1 Å². The van der Waals surface area contributed by atoms with E-state index in [9.17, 15) is 0 Å². The van der Waals surface area contributed by atoms with Crippen LogP contribution in [0.4, 0.5) is 17.1 Å². The summed E-state index contributed by atoms with van der Waals surface area (Å²) in [5, 5.41) is 3.52. The third kappa shape index (κ3) is 3.05. The first-order chi connectivity index (χ1) is 8.65. The van der Waals surface area contributed by atoms with Crippen LogP contribution in [0.3, 0.4) is 0 Å². The Bertz CT molecular complexity index is 400. The normalized spacial score (nSPS) is 18.5. The van der Waals surface area contributed by atoms with Crippen LogP contribution in [-0.4, -0.2) is 17.5 Å². The van der Waals surface area contributed by atoms with Crippen molar-refractivity contribution >= 4 is 28.8 Å². The molecule has 5 N–H and O–H groups in total. The summed E-state index contributed by atoms with van der Waals surface area (Å²) in [7, 11) is 0. The van der Waals surface area contributed by atoms with Gasteiger partial charge in [-0.15, -0.1) is 0 Å². The van der Waals surface area contributed by atoms with Crippen molar-refractivity contribution in [3.05, 3.63) is 18.2 Å². The summed E-state index contributed by atoms with van der Waals surface area (Å²) < 4.78 is 0.397. The Labute approximate surface area is 114 Å². The van der Waals surface area contributed by atoms with Crippen molar-refractivity contribution in [3.63, 3.8) is 0 Å². The fraction of sp³-hybridized carbons (Fsp3) is 0.571. The van der Waals surface area contributed by atoms with Crippen molar-refractivity contribution in [2.75, 3.05) is 29.6 Å². The lowest BCUT2D eigenvalue weighted by Crippen LogP contribution is -2.35. The van der Waals surface area contributed by atoms with Crippen molar-refractivity contribution in [1.82, 2.24) is 0 Å². The van der Waals surface area contributed by atoms with Gasteiger partial charge in [-0.1, -0.05) is 19.3 Å². The van der Waals surface area contributed by atoms with Crippen molar-refractivity contribution in [3.8, 4) is 0 Å². The maximum atomic E-state index is 5.82. The van der Waals surface area contributed by atoms with Crippen LogP contribution in [0.15, 0.2) is 18.2 Å². The van der Waals surface area contributed by atoms with Crippen LogP contribution < -0.4 is 16.8 Å². The first kappa shape index (κ1) is 13.4. The fourth-order valence-electron chi connectivity index (χ4n) is 2.60.